The fourth-order valence-electron chi connectivity index (χ4n) is 2.26. The molecule has 0 radical (unpaired) electrons. The number of benzene rings is 2. The van der Waals surface area contributed by atoms with Crippen molar-refractivity contribution in [3.05, 3.63) is 53.8 Å². The van der Waals surface area contributed by atoms with E-state index in [2.05, 4.69) is 15.5 Å². The number of thioether (sulfide) groups is 1. The molecule has 0 atom stereocenters. The number of hydrogen-bond donors (Lipinski definition) is 0. The van der Waals surface area contributed by atoms with Gasteiger partial charge in [-0.15, -0.1) is 5.10 Å². The summed E-state index contributed by atoms with van der Waals surface area (Å²) in [5.41, 5.74) is 0.969. The Morgan fingerprint density at radius 1 is 1.15 bits per heavy atom. The Kier molecular flexibility index (Phi) is 5.47. The van der Waals surface area contributed by atoms with Crippen molar-refractivity contribution in [3.63, 3.8) is 0 Å². The fourth-order valence-corrected chi connectivity index (χ4v) is 3.05. The number of hydrogen-bond acceptors (Lipinski definition) is 7. The maximum Gasteiger partial charge on any atom is 0.214 e. The first-order valence-electron chi connectivity index (χ1n) is 7.54. The zero-order chi connectivity index (χ0) is 18.5. The van der Waals surface area contributed by atoms with Crippen LogP contribution in [0.1, 0.15) is 10.4 Å². The zero-order valence-corrected chi connectivity index (χ0v) is 14.9. The third-order valence-electron chi connectivity index (χ3n) is 3.53. The SMILES string of the molecule is COc1ccc(C(=O)CSc2nnnn2-c2cccc(F)c2)cc1OC. The Balaban J connectivity index is 1.74. The Labute approximate surface area is 153 Å². The van der Waals surface area contributed by atoms with Crippen LogP contribution in [0, 0.1) is 5.82 Å². The molecule has 0 aliphatic rings. The predicted octanol–water partition coefficient (Wildman–Crippen LogP) is 2.79. The van der Waals surface area contributed by atoms with Gasteiger partial charge in [0.2, 0.25) is 5.16 Å². The quantitative estimate of drug-likeness (QED) is 0.465. The van der Waals surface area contributed by atoms with Crippen molar-refractivity contribution < 1.29 is 18.7 Å². The summed E-state index contributed by atoms with van der Waals surface area (Å²) in [5.74, 6) is 0.630. The summed E-state index contributed by atoms with van der Waals surface area (Å²) in [4.78, 5) is 12.5. The highest BCUT2D eigenvalue weighted by molar-refractivity contribution is 7.99. The van der Waals surface area contributed by atoms with Gasteiger partial charge in [0, 0.05) is 5.56 Å². The molecule has 0 bridgehead atoms. The summed E-state index contributed by atoms with van der Waals surface area (Å²) < 4.78 is 25.2. The summed E-state index contributed by atoms with van der Waals surface area (Å²) in [5, 5.41) is 11.7. The molecule has 26 heavy (non-hydrogen) atoms. The minimum absolute atomic E-state index is 0.116. The van der Waals surface area contributed by atoms with E-state index in [1.807, 2.05) is 0 Å². The van der Waals surface area contributed by atoms with Crippen LogP contribution in [-0.4, -0.2) is 46.0 Å². The Morgan fingerprint density at radius 3 is 2.69 bits per heavy atom. The van der Waals surface area contributed by atoms with E-state index in [4.69, 9.17) is 9.47 Å². The number of tetrazole rings is 1. The summed E-state index contributed by atoms with van der Waals surface area (Å²) in [6.45, 7) is 0. The maximum absolute atomic E-state index is 13.4. The number of rotatable bonds is 7. The van der Waals surface area contributed by atoms with E-state index < -0.39 is 5.82 Å². The Hall–Kier alpha value is -2.94. The van der Waals surface area contributed by atoms with Crippen LogP contribution in [-0.2, 0) is 0 Å². The van der Waals surface area contributed by atoms with Crippen molar-refractivity contribution in [2.45, 2.75) is 5.16 Å². The summed E-state index contributed by atoms with van der Waals surface area (Å²) in [6, 6.07) is 10.9. The third kappa shape index (κ3) is 3.83. The average Bonchev–Trinajstić information content (AvgIpc) is 3.14. The molecule has 0 saturated heterocycles. The molecule has 1 aromatic heterocycles. The molecule has 0 amide bonds. The van der Waals surface area contributed by atoms with Crippen LogP contribution in [0.2, 0.25) is 0 Å². The van der Waals surface area contributed by atoms with Gasteiger partial charge in [-0.2, -0.15) is 4.68 Å². The van der Waals surface area contributed by atoms with Crippen molar-refractivity contribution in [1.29, 1.82) is 0 Å². The van der Waals surface area contributed by atoms with Crippen LogP contribution in [0.25, 0.3) is 5.69 Å². The van der Waals surface area contributed by atoms with Crippen LogP contribution >= 0.6 is 11.8 Å². The summed E-state index contributed by atoms with van der Waals surface area (Å²) in [6.07, 6.45) is 0. The topological polar surface area (TPSA) is 79.1 Å². The Morgan fingerprint density at radius 2 is 1.96 bits per heavy atom. The first kappa shape index (κ1) is 17.9. The number of aromatic nitrogens is 4. The number of carbonyl (C=O) groups is 1. The molecule has 7 nitrogen and oxygen atoms in total. The number of methoxy groups -OCH3 is 2. The van der Waals surface area contributed by atoms with Crippen molar-refractivity contribution in [2.24, 2.45) is 0 Å². The lowest BCUT2D eigenvalue weighted by molar-refractivity contribution is 0.102. The number of Topliss-reactive ketones (excluding diaryl/α,β-unsaturated/α-hetero) is 1. The number of ether oxygens (including phenoxy) is 2. The smallest absolute Gasteiger partial charge is 0.214 e. The molecule has 9 heteroatoms. The summed E-state index contributed by atoms with van der Waals surface area (Å²) >= 11 is 1.16. The number of nitrogens with zero attached hydrogens (tertiary/aromatic N) is 4. The van der Waals surface area contributed by atoms with Gasteiger partial charge in [0.05, 0.1) is 25.7 Å². The lowest BCUT2D eigenvalue weighted by Crippen LogP contribution is -2.05. The minimum Gasteiger partial charge on any atom is -0.493 e. The lowest BCUT2D eigenvalue weighted by atomic mass is 10.1. The van der Waals surface area contributed by atoms with Crippen LogP contribution < -0.4 is 9.47 Å². The fraction of sp³-hybridized carbons (Fsp3) is 0.176. The van der Waals surface area contributed by atoms with Crippen LogP contribution in [0.3, 0.4) is 0 Å². The Bertz CT molecular complexity index is 932. The predicted molar refractivity (Wildman–Crippen MR) is 93.7 cm³/mol. The molecule has 134 valence electrons. The molecule has 0 N–H and O–H groups in total. The van der Waals surface area contributed by atoms with E-state index in [1.165, 1.54) is 31.0 Å². The van der Waals surface area contributed by atoms with E-state index in [0.717, 1.165) is 11.8 Å². The molecule has 0 aliphatic heterocycles. The van der Waals surface area contributed by atoms with E-state index in [9.17, 15) is 9.18 Å². The standard InChI is InChI=1S/C17H15FN4O3S/c1-24-15-7-6-11(8-16(15)25-2)14(23)10-26-17-19-20-21-22(17)13-5-3-4-12(18)9-13/h3-9H,10H2,1-2H3. The molecular formula is C17H15FN4O3S. The summed E-state index contributed by atoms with van der Waals surface area (Å²) in [7, 11) is 3.04. The van der Waals surface area contributed by atoms with Gasteiger partial charge in [0.1, 0.15) is 5.82 Å². The van der Waals surface area contributed by atoms with E-state index in [0.29, 0.717) is 27.9 Å². The molecular weight excluding hydrogens is 359 g/mol. The molecule has 0 aliphatic carbocycles. The normalized spacial score (nSPS) is 10.6. The van der Waals surface area contributed by atoms with Crippen molar-refractivity contribution in [2.75, 3.05) is 20.0 Å². The lowest BCUT2D eigenvalue weighted by Gasteiger charge is -2.09. The highest BCUT2D eigenvalue weighted by Gasteiger charge is 2.15. The zero-order valence-electron chi connectivity index (χ0n) is 14.0. The molecule has 3 aromatic rings. The van der Waals surface area contributed by atoms with Crippen molar-refractivity contribution in [1.82, 2.24) is 20.2 Å². The van der Waals surface area contributed by atoms with E-state index in [-0.39, 0.29) is 11.5 Å². The average molecular weight is 374 g/mol. The first-order chi connectivity index (χ1) is 12.6. The van der Waals surface area contributed by atoms with Crippen LogP contribution in [0.4, 0.5) is 4.39 Å². The van der Waals surface area contributed by atoms with Gasteiger partial charge in [0.25, 0.3) is 0 Å². The van der Waals surface area contributed by atoms with Gasteiger partial charge in [-0.25, -0.2) is 4.39 Å². The molecule has 0 unspecified atom stereocenters. The molecule has 2 aromatic carbocycles. The van der Waals surface area contributed by atoms with Crippen LogP contribution in [0.5, 0.6) is 11.5 Å². The number of ketones is 1. The van der Waals surface area contributed by atoms with Gasteiger partial charge in [0.15, 0.2) is 17.3 Å². The second kappa shape index (κ2) is 7.96. The van der Waals surface area contributed by atoms with E-state index in [1.54, 1.807) is 30.3 Å². The molecule has 3 rings (SSSR count). The largest absolute Gasteiger partial charge is 0.493 e. The van der Waals surface area contributed by atoms with Gasteiger partial charge < -0.3 is 9.47 Å². The first-order valence-corrected chi connectivity index (χ1v) is 8.53. The van der Waals surface area contributed by atoms with Gasteiger partial charge in [-0.05, 0) is 46.8 Å². The number of halogens is 1. The maximum atomic E-state index is 13.4. The molecule has 0 spiro atoms. The third-order valence-corrected chi connectivity index (χ3v) is 4.45. The monoisotopic (exact) mass is 374 g/mol. The second-order valence-corrected chi connectivity index (χ2v) is 6.08. The highest BCUT2D eigenvalue weighted by Crippen LogP contribution is 2.28. The minimum atomic E-state index is -0.393. The van der Waals surface area contributed by atoms with Gasteiger partial charge >= 0.3 is 0 Å². The highest BCUT2D eigenvalue weighted by atomic mass is 32.2. The second-order valence-electron chi connectivity index (χ2n) is 5.13. The van der Waals surface area contributed by atoms with Crippen LogP contribution in [0.15, 0.2) is 47.6 Å². The van der Waals surface area contributed by atoms with Gasteiger partial charge in [-0.1, -0.05) is 17.8 Å². The molecule has 0 fully saturated rings. The van der Waals surface area contributed by atoms with Crippen molar-refractivity contribution in [3.8, 4) is 17.2 Å². The molecule has 0 saturated carbocycles. The molecule has 1 heterocycles. The van der Waals surface area contributed by atoms with E-state index >= 15 is 0 Å². The van der Waals surface area contributed by atoms with Gasteiger partial charge in [-0.3, -0.25) is 4.79 Å². The number of carbonyl (C=O) groups excluding carboxylic acids is 1. The van der Waals surface area contributed by atoms with Crippen molar-refractivity contribution >= 4 is 17.5 Å².